The fraction of sp³-hybridized carbons (Fsp3) is 0.278. The molecule has 0 saturated carbocycles. The van der Waals surface area contributed by atoms with Crippen molar-refractivity contribution in [3.63, 3.8) is 0 Å². The van der Waals surface area contributed by atoms with Crippen LogP contribution in [-0.4, -0.2) is 18.6 Å². The first-order valence-corrected chi connectivity index (χ1v) is 7.48. The number of carbonyl (C=O) groups is 1. The van der Waals surface area contributed by atoms with E-state index in [0.717, 1.165) is 11.1 Å². The maximum Gasteiger partial charge on any atom is 0.241 e. The number of hydrogen-bond acceptors (Lipinski definition) is 3. The molecule has 2 rings (SSSR count). The number of nitrogens with one attached hydrogen (secondary N) is 1. The summed E-state index contributed by atoms with van der Waals surface area (Å²) in [5.41, 5.74) is 7.83. The highest BCUT2D eigenvalue weighted by Gasteiger charge is 2.16. The Morgan fingerprint density at radius 1 is 1.17 bits per heavy atom. The summed E-state index contributed by atoms with van der Waals surface area (Å²) in [7, 11) is 0. The van der Waals surface area contributed by atoms with E-state index in [2.05, 4.69) is 5.32 Å². The molecule has 0 bridgehead atoms. The first-order valence-electron chi connectivity index (χ1n) is 7.48. The molecular weight excluding hydrogens is 331 g/mol. The van der Waals surface area contributed by atoms with Crippen LogP contribution in [0.5, 0.6) is 5.75 Å². The van der Waals surface area contributed by atoms with Gasteiger partial charge in [0.25, 0.3) is 0 Å². The second-order valence-electron chi connectivity index (χ2n) is 5.52. The fourth-order valence-corrected chi connectivity index (χ4v) is 2.07. The summed E-state index contributed by atoms with van der Waals surface area (Å²) in [6, 6.07) is 12.6. The maximum atomic E-state index is 12.8. The van der Waals surface area contributed by atoms with Gasteiger partial charge < -0.3 is 15.8 Å². The standard InChI is InChI=1S/C18H21FN2O2.ClH/c1-12-3-5-14(6-4-12)17(20)18(22)21-11-13(2)23-16-9-7-15(19)8-10-16;/h3-10,13,17H,11,20H2,1-2H3,(H,21,22);1H. The summed E-state index contributed by atoms with van der Waals surface area (Å²) in [5.74, 6) is -0.0261. The zero-order valence-corrected chi connectivity index (χ0v) is 14.5. The molecule has 2 aromatic carbocycles. The van der Waals surface area contributed by atoms with E-state index in [1.54, 1.807) is 12.1 Å². The summed E-state index contributed by atoms with van der Waals surface area (Å²) < 4.78 is 18.4. The highest BCUT2D eigenvalue weighted by Crippen LogP contribution is 2.14. The molecule has 0 aliphatic heterocycles. The minimum Gasteiger partial charge on any atom is -0.489 e. The molecule has 0 fully saturated rings. The summed E-state index contributed by atoms with van der Waals surface area (Å²) in [4.78, 5) is 12.1. The lowest BCUT2D eigenvalue weighted by atomic mass is 10.1. The van der Waals surface area contributed by atoms with Crippen LogP contribution >= 0.6 is 12.4 Å². The van der Waals surface area contributed by atoms with Gasteiger partial charge in [-0.2, -0.15) is 0 Å². The van der Waals surface area contributed by atoms with Crippen LogP contribution in [0.3, 0.4) is 0 Å². The molecule has 0 heterocycles. The number of aryl methyl sites for hydroxylation is 1. The third-order valence-electron chi connectivity index (χ3n) is 3.43. The topological polar surface area (TPSA) is 64.4 Å². The predicted octanol–water partition coefficient (Wildman–Crippen LogP) is 3.14. The zero-order valence-electron chi connectivity index (χ0n) is 13.7. The summed E-state index contributed by atoms with van der Waals surface area (Å²) in [5, 5.41) is 2.76. The number of rotatable bonds is 6. The van der Waals surface area contributed by atoms with Crippen molar-refractivity contribution in [3.05, 3.63) is 65.5 Å². The molecule has 4 nitrogen and oxygen atoms in total. The molecule has 3 N–H and O–H groups in total. The molecule has 0 aromatic heterocycles. The Morgan fingerprint density at radius 2 is 1.75 bits per heavy atom. The lowest BCUT2D eigenvalue weighted by molar-refractivity contribution is -0.122. The number of carbonyl (C=O) groups excluding carboxylic acids is 1. The molecule has 6 heteroatoms. The van der Waals surface area contributed by atoms with Gasteiger partial charge in [0.1, 0.15) is 23.7 Å². The van der Waals surface area contributed by atoms with Gasteiger partial charge in [-0.3, -0.25) is 4.79 Å². The van der Waals surface area contributed by atoms with Crippen molar-refractivity contribution in [1.29, 1.82) is 0 Å². The average Bonchev–Trinajstić information content (AvgIpc) is 2.55. The monoisotopic (exact) mass is 352 g/mol. The SMILES string of the molecule is Cc1ccc(C(N)C(=O)NCC(C)Oc2ccc(F)cc2)cc1.Cl. The van der Waals surface area contributed by atoms with E-state index in [0.29, 0.717) is 12.3 Å². The van der Waals surface area contributed by atoms with Crippen molar-refractivity contribution in [1.82, 2.24) is 5.32 Å². The van der Waals surface area contributed by atoms with E-state index >= 15 is 0 Å². The van der Waals surface area contributed by atoms with Crippen LogP contribution in [-0.2, 0) is 4.79 Å². The average molecular weight is 353 g/mol. The Bertz CT molecular complexity index is 647. The second kappa shape index (κ2) is 9.25. The minimum absolute atomic E-state index is 0. The molecule has 0 aliphatic carbocycles. The van der Waals surface area contributed by atoms with E-state index in [1.165, 1.54) is 12.1 Å². The van der Waals surface area contributed by atoms with Crippen LogP contribution in [0.15, 0.2) is 48.5 Å². The third-order valence-corrected chi connectivity index (χ3v) is 3.43. The minimum atomic E-state index is -0.714. The van der Waals surface area contributed by atoms with Crippen LogP contribution in [0.4, 0.5) is 4.39 Å². The van der Waals surface area contributed by atoms with Gasteiger partial charge in [-0.05, 0) is 43.7 Å². The largest absolute Gasteiger partial charge is 0.489 e. The van der Waals surface area contributed by atoms with Gasteiger partial charge in [-0.15, -0.1) is 12.4 Å². The maximum absolute atomic E-state index is 12.8. The van der Waals surface area contributed by atoms with Gasteiger partial charge in [0.2, 0.25) is 5.91 Å². The van der Waals surface area contributed by atoms with Crippen LogP contribution in [0.25, 0.3) is 0 Å². The number of nitrogens with two attached hydrogens (primary N) is 1. The predicted molar refractivity (Wildman–Crippen MR) is 94.9 cm³/mol. The summed E-state index contributed by atoms with van der Waals surface area (Å²) in [6.45, 7) is 4.11. The van der Waals surface area contributed by atoms with Gasteiger partial charge in [0, 0.05) is 0 Å². The van der Waals surface area contributed by atoms with Gasteiger partial charge in [0.15, 0.2) is 0 Å². The lowest BCUT2D eigenvalue weighted by Crippen LogP contribution is -2.39. The van der Waals surface area contributed by atoms with Crippen molar-refractivity contribution < 1.29 is 13.9 Å². The normalized spacial score (nSPS) is 12.7. The highest BCUT2D eigenvalue weighted by atomic mass is 35.5. The number of halogens is 2. The van der Waals surface area contributed by atoms with Crippen LogP contribution in [0.2, 0.25) is 0 Å². The first kappa shape index (κ1) is 19.9. The molecular formula is C18H22ClFN2O2. The molecule has 24 heavy (non-hydrogen) atoms. The van der Waals surface area contributed by atoms with Gasteiger partial charge in [-0.25, -0.2) is 4.39 Å². The Balaban J connectivity index is 0.00000288. The van der Waals surface area contributed by atoms with Gasteiger partial charge >= 0.3 is 0 Å². The third kappa shape index (κ3) is 5.83. The lowest BCUT2D eigenvalue weighted by Gasteiger charge is -2.17. The molecule has 2 unspecified atom stereocenters. The molecule has 2 atom stereocenters. The van der Waals surface area contributed by atoms with Crippen LogP contribution < -0.4 is 15.8 Å². The molecule has 1 amide bonds. The van der Waals surface area contributed by atoms with Crippen molar-refractivity contribution in [2.45, 2.75) is 26.0 Å². The number of hydrogen-bond donors (Lipinski definition) is 2. The van der Waals surface area contributed by atoms with Gasteiger partial charge in [-0.1, -0.05) is 29.8 Å². The molecule has 0 saturated heterocycles. The molecule has 0 aliphatic rings. The quantitative estimate of drug-likeness (QED) is 0.839. The van der Waals surface area contributed by atoms with Gasteiger partial charge in [0.05, 0.1) is 6.54 Å². The van der Waals surface area contributed by atoms with E-state index in [1.807, 2.05) is 38.1 Å². The van der Waals surface area contributed by atoms with E-state index in [-0.39, 0.29) is 30.2 Å². The summed E-state index contributed by atoms with van der Waals surface area (Å²) >= 11 is 0. The molecule has 0 radical (unpaired) electrons. The Kier molecular flexibility index (Phi) is 7.68. The second-order valence-corrected chi connectivity index (χ2v) is 5.52. The number of amides is 1. The number of benzene rings is 2. The van der Waals surface area contributed by atoms with Crippen LogP contribution in [0, 0.1) is 12.7 Å². The number of ether oxygens (including phenoxy) is 1. The molecule has 130 valence electrons. The summed E-state index contributed by atoms with van der Waals surface area (Å²) in [6.07, 6.45) is -0.255. The smallest absolute Gasteiger partial charge is 0.241 e. The zero-order chi connectivity index (χ0) is 16.8. The van der Waals surface area contributed by atoms with E-state index in [4.69, 9.17) is 10.5 Å². The Morgan fingerprint density at radius 3 is 2.33 bits per heavy atom. The Hall–Kier alpha value is -2.11. The van der Waals surface area contributed by atoms with Crippen molar-refractivity contribution in [3.8, 4) is 5.75 Å². The van der Waals surface area contributed by atoms with Crippen molar-refractivity contribution in [2.75, 3.05) is 6.54 Å². The molecule has 0 spiro atoms. The first-order chi connectivity index (χ1) is 11.0. The fourth-order valence-electron chi connectivity index (χ4n) is 2.07. The highest BCUT2D eigenvalue weighted by molar-refractivity contribution is 5.85. The van der Waals surface area contributed by atoms with Crippen molar-refractivity contribution in [2.24, 2.45) is 5.73 Å². The Labute approximate surface area is 147 Å². The van der Waals surface area contributed by atoms with E-state index in [9.17, 15) is 9.18 Å². The molecule has 2 aromatic rings. The van der Waals surface area contributed by atoms with E-state index < -0.39 is 6.04 Å². The van der Waals surface area contributed by atoms with Crippen LogP contribution in [0.1, 0.15) is 24.1 Å². The van der Waals surface area contributed by atoms with Crippen molar-refractivity contribution >= 4 is 18.3 Å².